The number of Topliss-reactive ketones (excluding diaryl/α,β-unsaturated/α-hetero) is 1. The number of hydrogen-bond donors (Lipinski definition) is 0. The van der Waals surface area contributed by atoms with Crippen molar-refractivity contribution in [2.24, 2.45) is 0 Å². The Kier molecular flexibility index (Phi) is 4.45. The second-order valence-electron chi connectivity index (χ2n) is 6.17. The topological polar surface area (TPSA) is 75.0 Å². The van der Waals surface area contributed by atoms with E-state index < -0.39 is 5.97 Å². The number of ether oxygens (including phenoxy) is 3. The Bertz CT molecular complexity index is 1110. The fourth-order valence-electron chi connectivity index (χ4n) is 2.81. The molecule has 0 bridgehead atoms. The average molecular weight is 376 g/mol. The maximum absolute atomic E-state index is 12.5. The number of aryl methyl sites for hydroxylation is 1. The SMILES string of the molecule is COc1cccc(C(=O)Oc2ccc3c(c2)OC(=Cc2ccc(C)o2)C3=O)c1. The molecule has 0 saturated heterocycles. The van der Waals surface area contributed by atoms with E-state index in [0.29, 0.717) is 28.4 Å². The Morgan fingerprint density at radius 3 is 2.64 bits per heavy atom. The van der Waals surface area contributed by atoms with Crippen LogP contribution in [0.15, 0.2) is 64.8 Å². The van der Waals surface area contributed by atoms with Crippen LogP contribution >= 0.6 is 0 Å². The molecule has 4 rings (SSSR count). The number of allylic oxidation sites excluding steroid dienone is 1. The zero-order valence-electron chi connectivity index (χ0n) is 15.2. The van der Waals surface area contributed by atoms with Crippen LogP contribution in [0.1, 0.15) is 32.2 Å². The third kappa shape index (κ3) is 3.40. The van der Waals surface area contributed by atoms with E-state index in [1.54, 1.807) is 48.5 Å². The fraction of sp³-hybridized carbons (Fsp3) is 0.0909. The Morgan fingerprint density at radius 1 is 1.04 bits per heavy atom. The van der Waals surface area contributed by atoms with Crippen LogP contribution in [0.3, 0.4) is 0 Å². The lowest BCUT2D eigenvalue weighted by Crippen LogP contribution is -2.08. The molecule has 2 aromatic carbocycles. The first-order valence-corrected chi connectivity index (χ1v) is 8.54. The predicted octanol–water partition coefficient (Wildman–Crippen LogP) is 4.43. The van der Waals surface area contributed by atoms with Crippen LogP contribution in [-0.2, 0) is 0 Å². The van der Waals surface area contributed by atoms with E-state index >= 15 is 0 Å². The smallest absolute Gasteiger partial charge is 0.343 e. The fourth-order valence-corrected chi connectivity index (χ4v) is 2.81. The van der Waals surface area contributed by atoms with Crippen LogP contribution < -0.4 is 14.2 Å². The quantitative estimate of drug-likeness (QED) is 0.381. The molecule has 140 valence electrons. The molecule has 0 atom stereocenters. The van der Waals surface area contributed by atoms with Crippen molar-refractivity contribution in [3.8, 4) is 17.2 Å². The Morgan fingerprint density at radius 2 is 1.89 bits per heavy atom. The monoisotopic (exact) mass is 376 g/mol. The van der Waals surface area contributed by atoms with Crippen molar-refractivity contribution in [2.75, 3.05) is 7.11 Å². The van der Waals surface area contributed by atoms with E-state index in [9.17, 15) is 9.59 Å². The van der Waals surface area contributed by atoms with Gasteiger partial charge < -0.3 is 18.6 Å². The highest BCUT2D eigenvalue weighted by molar-refractivity contribution is 6.14. The second kappa shape index (κ2) is 7.08. The lowest BCUT2D eigenvalue weighted by atomic mass is 10.1. The third-order valence-corrected chi connectivity index (χ3v) is 4.19. The van der Waals surface area contributed by atoms with Gasteiger partial charge >= 0.3 is 5.97 Å². The van der Waals surface area contributed by atoms with Crippen LogP contribution in [0.5, 0.6) is 17.2 Å². The van der Waals surface area contributed by atoms with Gasteiger partial charge in [0.1, 0.15) is 28.8 Å². The molecule has 0 fully saturated rings. The zero-order valence-corrected chi connectivity index (χ0v) is 15.2. The molecule has 0 amide bonds. The first-order valence-electron chi connectivity index (χ1n) is 8.54. The van der Waals surface area contributed by atoms with Crippen molar-refractivity contribution in [2.45, 2.75) is 6.92 Å². The van der Waals surface area contributed by atoms with Crippen LogP contribution in [0, 0.1) is 6.92 Å². The van der Waals surface area contributed by atoms with Gasteiger partial charge in [-0.25, -0.2) is 4.79 Å². The van der Waals surface area contributed by atoms with Gasteiger partial charge in [-0.3, -0.25) is 4.79 Å². The molecule has 3 aromatic rings. The number of carbonyl (C=O) groups excluding carboxylic acids is 2. The number of carbonyl (C=O) groups is 2. The van der Waals surface area contributed by atoms with Gasteiger partial charge in [0.05, 0.1) is 18.2 Å². The van der Waals surface area contributed by atoms with Crippen molar-refractivity contribution in [1.82, 2.24) is 0 Å². The largest absolute Gasteiger partial charge is 0.497 e. The minimum atomic E-state index is -0.537. The Balaban J connectivity index is 1.54. The lowest BCUT2D eigenvalue weighted by molar-refractivity contribution is 0.0734. The lowest BCUT2D eigenvalue weighted by Gasteiger charge is -2.07. The summed E-state index contributed by atoms with van der Waals surface area (Å²) < 4.78 is 21.6. The van der Waals surface area contributed by atoms with E-state index in [2.05, 4.69) is 0 Å². The highest BCUT2D eigenvalue weighted by Gasteiger charge is 2.28. The second-order valence-corrected chi connectivity index (χ2v) is 6.17. The van der Waals surface area contributed by atoms with E-state index in [1.807, 2.05) is 6.92 Å². The Labute approximate surface area is 160 Å². The summed E-state index contributed by atoms with van der Waals surface area (Å²) in [4.78, 5) is 24.8. The van der Waals surface area contributed by atoms with Gasteiger partial charge in [-0.15, -0.1) is 0 Å². The van der Waals surface area contributed by atoms with Gasteiger partial charge in [-0.2, -0.15) is 0 Å². The zero-order chi connectivity index (χ0) is 19.7. The van der Waals surface area contributed by atoms with Gasteiger partial charge in [0.15, 0.2) is 5.76 Å². The predicted molar refractivity (Wildman–Crippen MR) is 101 cm³/mol. The summed E-state index contributed by atoms with van der Waals surface area (Å²) in [5.74, 6) is 1.78. The molecule has 0 N–H and O–H groups in total. The highest BCUT2D eigenvalue weighted by Crippen LogP contribution is 2.35. The van der Waals surface area contributed by atoms with Crippen molar-refractivity contribution in [1.29, 1.82) is 0 Å². The standard InChI is InChI=1S/C22H16O6/c1-13-6-7-16(26-13)12-20-21(23)18-9-8-17(11-19(18)28-20)27-22(24)14-4-3-5-15(10-14)25-2/h3-12H,1-2H3. The summed E-state index contributed by atoms with van der Waals surface area (Å²) in [6, 6.07) is 14.8. The normalized spacial score (nSPS) is 13.9. The van der Waals surface area contributed by atoms with Crippen molar-refractivity contribution in [3.63, 3.8) is 0 Å². The minimum absolute atomic E-state index is 0.153. The summed E-state index contributed by atoms with van der Waals surface area (Å²) in [6.45, 7) is 1.82. The number of methoxy groups -OCH3 is 1. The van der Waals surface area contributed by atoms with Crippen LogP contribution in [0.2, 0.25) is 0 Å². The van der Waals surface area contributed by atoms with Crippen LogP contribution in [0.4, 0.5) is 0 Å². The molecule has 0 unspecified atom stereocenters. The number of furan rings is 1. The van der Waals surface area contributed by atoms with Gasteiger partial charge in [-0.05, 0) is 49.4 Å². The van der Waals surface area contributed by atoms with Crippen molar-refractivity contribution >= 4 is 17.8 Å². The van der Waals surface area contributed by atoms with Crippen molar-refractivity contribution in [3.05, 3.63) is 83.0 Å². The molecule has 6 heteroatoms. The van der Waals surface area contributed by atoms with Crippen LogP contribution in [0.25, 0.3) is 6.08 Å². The molecular formula is C22H16O6. The summed E-state index contributed by atoms with van der Waals surface area (Å²) >= 11 is 0. The highest BCUT2D eigenvalue weighted by atomic mass is 16.5. The molecule has 1 aliphatic rings. The maximum Gasteiger partial charge on any atom is 0.343 e. The molecule has 1 aliphatic heterocycles. The van der Waals surface area contributed by atoms with Gasteiger partial charge in [0.25, 0.3) is 0 Å². The minimum Gasteiger partial charge on any atom is -0.497 e. The molecule has 2 heterocycles. The summed E-state index contributed by atoms with van der Waals surface area (Å²) in [7, 11) is 1.52. The Hall–Kier alpha value is -3.80. The van der Waals surface area contributed by atoms with E-state index in [4.69, 9.17) is 18.6 Å². The number of rotatable bonds is 4. The first kappa shape index (κ1) is 17.6. The van der Waals surface area contributed by atoms with Gasteiger partial charge in [0.2, 0.25) is 5.78 Å². The van der Waals surface area contributed by atoms with Crippen molar-refractivity contribution < 1.29 is 28.2 Å². The molecule has 0 radical (unpaired) electrons. The van der Waals surface area contributed by atoms with Crippen LogP contribution in [-0.4, -0.2) is 18.9 Å². The molecule has 0 spiro atoms. The maximum atomic E-state index is 12.5. The molecule has 28 heavy (non-hydrogen) atoms. The summed E-state index contributed by atoms with van der Waals surface area (Å²) in [5, 5.41) is 0. The van der Waals surface area contributed by atoms with E-state index in [-0.39, 0.29) is 17.3 Å². The van der Waals surface area contributed by atoms with E-state index in [1.165, 1.54) is 19.3 Å². The number of benzene rings is 2. The first-order chi connectivity index (χ1) is 13.5. The van der Waals surface area contributed by atoms with Gasteiger partial charge in [0, 0.05) is 12.1 Å². The number of hydrogen-bond acceptors (Lipinski definition) is 6. The van der Waals surface area contributed by atoms with E-state index in [0.717, 1.165) is 5.76 Å². The summed E-state index contributed by atoms with van der Waals surface area (Å²) in [6.07, 6.45) is 1.54. The molecule has 1 aromatic heterocycles. The van der Waals surface area contributed by atoms with Gasteiger partial charge in [-0.1, -0.05) is 6.07 Å². The number of esters is 1. The number of fused-ring (bicyclic) bond motifs is 1. The molecule has 0 aliphatic carbocycles. The molecule has 6 nitrogen and oxygen atoms in total. The average Bonchev–Trinajstić information content (AvgIpc) is 3.24. The molecule has 0 saturated carbocycles. The number of ketones is 1. The third-order valence-electron chi connectivity index (χ3n) is 4.19. The molecular weight excluding hydrogens is 360 g/mol. The summed E-state index contributed by atoms with van der Waals surface area (Å²) in [5.41, 5.74) is 0.751.